The van der Waals surface area contributed by atoms with Gasteiger partial charge in [-0.15, -0.1) is 0 Å². The monoisotopic (exact) mass is 392 g/mol. The average molecular weight is 393 g/mol. The molecule has 2 aromatic carbocycles. The van der Waals surface area contributed by atoms with E-state index in [1.165, 1.54) is 0 Å². The summed E-state index contributed by atoms with van der Waals surface area (Å²) in [5.41, 5.74) is 10.3. The zero-order valence-corrected chi connectivity index (χ0v) is 14.6. The second-order valence-electron chi connectivity index (χ2n) is 4.26. The number of hydrogen-bond acceptors (Lipinski definition) is 3. The van der Waals surface area contributed by atoms with Crippen LogP contribution in [0.2, 0.25) is 0 Å². The molecule has 0 amide bonds. The molecule has 2 aromatic rings. The van der Waals surface area contributed by atoms with E-state index < -0.39 is 0 Å². The van der Waals surface area contributed by atoms with Crippen LogP contribution in [0.4, 0.5) is 5.69 Å². The number of nitrogens with zero attached hydrogens (tertiary/aromatic N) is 1. The molecule has 0 aliphatic carbocycles. The summed E-state index contributed by atoms with van der Waals surface area (Å²) >= 11 is 13.6. The summed E-state index contributed by atoms with van der Waals surface area (Å²) in [5, 5.41) is 7.42. The van der Waals surface area contributed by atoms with Crippen LogP contribution in [-0.2, 0) is 0 Å². The fourth-order valence-corrected chi connectivity index (χ4v) is 2.27. The van der Waals surface area contributed by atoms with Crippen LogP contribution < -0.4 is 16.5 Å². The van der Waals surface area contributed by atoms with E-state index in [0.29, 0.717) is 10.7 Å². The van der Waals surface area contributed by atoms with Crippen molar-refractivity contribution in [2.24, 2.45) is 10.8 Å². The van der Waals surface area contributed by atoms with Crippen LogP contribution in [0, 0.1) is 0 Å². The van der Waals surface area contributed by atoms with E-state index in [-0.39, 0.29) is 5.11 Å². The molecule has 7 heteroatoms. The topological polar surface area (TPSA) is 62.4 Å². The minimum Gasteiger partial charge on any atom is -0.375 e. The molecule has 0 fully saturated rings. The van der Waals surface area contributed by atoms with Gasteiger partial charge in [-0.1, -0.05) is 58.5 Å². The summed E-state index contributed by atoms with van der Waals surface area (Å²) in [7, 11) is 0. The summed E-state index contributed by atoms with van der Waals surface area (Å²) in [6.45, 7) is 0. The van der Waals surface area contributed by atoms with Gasteiger partial charge in [-0.05, 0) is 36.5 Å². The largest absolute Gasteiger partial charge is 0.375 e. The first kappa shape index (κ1) is 16.5. The second kappa shape index (κ2) is 7.98. The maximum absolute atomic E-state index is 5.45. The van der Waals surface area contributed by atoms with Crippen LogP contribution in [0.15, 0.2) is 64.2 Å². The summed E-state index contributed by atoms with van der Waals surface area (Å²) in [5.74, 6) is 0. The van der Waals surface area contributed by atoms with Crippen molar-refractivity contribution in [3.63, 3.8) is 0 Å². The van der Waals surface area contributed by atoms with Gasteiger partial charge in [0.05, 0.1) is 0 Å². The lowest BCUT2D eigenvalue weighted by Gasteiger charge is -2.11. The maximum Gasteiger partial charge on any atom is 0.184 e. The number of rotatable bonds is 4. The van der Waals surface area contributed by atoms with Gasteiger partial charge in [0.25, 0.3) is 0 Å². The quantitative estimate of drug-likeness (QED) is 0.422. The van der Waals surface area contributed by atoms with E-state index in [1.54, 1.807) is 0 Å². The molecule has 0 aromatic heterocycles. The molecule has 0 radical (unpaired) electrons. The van der Waals surface area contributed by atoms with Crippen molar-refractivity contribution in [2.75, 3.05) is 5.32 Å². The summed E-state index contributed by atoms with van der Waals surface area (Å²) < 4.78 is 0.996. The number of anilines is 1. The molecule has 0 heterocycles. The van der Waals surface area contributed by atoms with Crippen molar-refractivity contribution in [3.05, 3.63) is 64.6 Å². The minimum atomic E-state index is 0.0832. The molecular formula is C15H13BrN4S2. The van der Waals surface area contributed by atoms with Crippen molar-refractivity contribution in [3.8, 4) is 0 Å². The minimum absolute atomic E-state index is 0.0832. The Balaban J connectivity index is 2.24. The molecule has 0 saturated heterocycles. The van der Waals surface area contributed by atoms with E-state index in [1.807, 2.05) is 54.6 Å². The number of benzene rings is 2. The highest BCUT2D eigenvalue weighted by molar-refractivity contribution is 9.10. The van der Waals surface area contributed by atoms with Gasteiger partial charge < -0.3 is 11.1 Å². The fraction of sp³-hybridized carbons (Fsp3) is 0. The second-order valence-corrected chi connectivity index (χ2v) is 6.03. The highest BCUT2D eigenvalue weighted by Crippen LogP contribution is 2.15. The molecule has 0 aliphatic rings. The van der Waals surface area contributed by atoms with Gasteiger partial charge in [0.1, 0.15) is 10.7 Å². The van der Waals surface area contributed by atoms with Crippen molar-refractivity contribution in [1.82, 2.24) is 5.43 Å². The Hall–Kier alpha value is -1.83. The first-order chi connectivity index (χ1) is 10.6. The predicted molar refractivity (Wildman–Crippen MR) is 103 cm³/mol. The van der Waals surface area contributed by atoms with E-state index >= 15 is 0 Å². The van der Waals surface area contributed by atoms with E-state index in [9.17, 15) is 0 Å². The van der Waals surface area contributed by atoms with Gasteiger partial charge in [0.15, 0.2) is 5.11 Å². The van der Waals surface area contributed by atoms with Crippen molar-refractivity contribution in [1.29, 1.82) is 0 Å². The van der Waals surface area contributed by atoms with Gasteiger partial charge in [-0.25, -0.2) is 0 Å². The standard InChI is InChI=1S/C15H13BrN4S2/c16-11-6-8-12(9-7-11)18-14(21)13(19-20-15(17)22)10-4-2-1-3-5-10/h1-9H,(H,18,21)(H3,17,20,22)/b19-13-. The number of hydrazone groups is 1. The molecule has 4 N–H and O–H groups in total. The van der Waals surface area contributed by atoms with E-state index in [2.05, 4.69) is 31.8 Å². The lowest BCUT2D eigenvalue weighted by molar-refractivity contribution is 1.04. The van der Waals surface area contributed by atoms with Gasteiger partial charge in [-0.2, -0.15) is 5.10 Å². The summed E-state index contributed by atoms with van der Waals surface area (Å²) in [6.07, 6.45) is 0. The van der Waals surface area contributed by atoms with Crippen LogP contribution in [0.25, 0.3) is 0 Å². The van der Waals surface area contributed by atoms with Gasteiger partial charge in [0.2, 0.25) is 0 Å². The Bertz CT molecular complexity index is 699. The molecule has 0 atom stereocenters. The number of nitrogens with two attached hydrogens (primary N) is 1. The van der Waals surface area contributed by atoms with Crippen molar-refractivity contribution < 1.29 is 0 Å². The van der Waals surface area contributed by atoms with Crippen LogP contribution in [0.1, 0.15) is 5.56 Å². The summed E-state index contributed by atoms with van der Waals surface area (Å²) in [6, 6.07) is 17.3. The molecule has 0 spiro atoms. The SMILES string of the molecule is NC(=S)N/N=C(\C(=S)Nc1ccc(Br)cc1)c1ccccc1. The third kappa shape index (κ3) is 4.87. The average Bonchev–Trinajstić information content (AvgIpc) is 2.50. The lowest BCUT2D eigenvalue weighted by Crippen LogP contribution is -2.29. The van der Waals surface area contributed by atoms with Crippen LogP contribution in [-0.4, -0.2) is 15.8 Å². The highest BCUT2D eigenvalue weighted by Gasteiger charge is 2.10. The Morgan fingerprint density at radius 3 is 2.23 bits per heavy atom. The van der Waals surface area contributed by atoms with Gasteiger partial charge in [-0.3, -0.25) is 5.43 Å². The zero-order valence-electron chi connectivity index (χ0n) is 11.4. The molecule has 0 aliphatic heterocycles. The third-order valence-corrected chi connectivity index (χ3v) is 3.56. The number of halogens is 1. The molecule has 0 bridgehead atoms. The first-order valence-corrected chi connectivity index (χ1v) is 7.92. The molecule has 0 unspecified atom stereocenters. The van der Waals surface area contributed by atoms with E-state index in [0.717, 1.165) is 15.7 Å². The smallest absolute Gasteiger partial charge is 0.184 e. The van der Waals surface area contributed by atoms with Crippen molar-refractivity contribution >= 4 is 61.9 Å². The number of nitrogens with one attached hydrogen (secondary N) is 2. The fourth-order valence-electron chi connectivity index (χ4n) is 1.68. The zero-order chi connectivity index (χ0) is 15.9. The van der Waals surface area contributed by atoms with Crippen LogP contribution in [0.5, 0.6) is 0 Å². The molecular weight excluding hydrogens is 380 g/mol. The van der Waals surface area contributed by atoms with Crippen LogP contribution in [0.3, 0.4) is 0 Å². The third-order valence-electron chi connectivity index (χ3n) is 2.64. The molecule has 0 saturated carbocycles. The normalized spacial score (nSPS) is 10.9. The Kier molecular flexibility index (Phi) is 6.00. The van der Waals surface area contributed by atoms with Crippen LogP contribution >= 0.6 is 40.4 Å². The maximum atomic E-state index is 5.45. The Labute approximate surface area is 147 Å². The van der Waals surface area contributed by atoms with Gasteiger partial charge in [0, 0.05) is 15.7 Å². The van der Waals surface area contributed by atoms with Crippen molar-refractivity contribution in [2.45, 2.75) is 0 Å². The predicted octanol–water partition coefficient (Wildman–Crippen LogP) is 3.43. The Morgan fingerprint density at radius 2 is 1.64 bits per heavy atom. The number of hydrogen-bond donors (Lipinski definition) is 3. The lowest BCUT2D eigenvalue weighted by atomic mass is 10.1. The molecule has 4 nitrogen and oxygen atoms in total. The van der Waals surface area contributed by atoms with Gasteiger partial charge >= 0.3 is 0 Å². The van der Waals surface area contributed by atoms with E-state index in [4.69, 9.17) is 30.2 Å². The summed E-state index contributed by atoms with van der Waals surface area (Å²) in [4.78, 5) is 0.470. The molecule has 112 valence electrons. The molecule has 22 heavy (non-hydrogen) atoms. The number of thiocarbonyl (C=S) groups is 2. The first-order valence-electron chi connectivity index (χ1n) is 6.32. The highest BCUT2D eigenvalue weighted by atomic mass is 79.9. The Morgan fingerprint density at radius 1 is 1.00 bits per heavy atom. The molecule has 2 rings (SSSR count).